The van der Waals surface area contributed by atoms with Crippen molar-refractivity contribution in [3.05, 3.63) is 53.2 Å². The maximum absolute atomic E-state index is 12.5. The fourth-order valence-electron chi connectivity index (χ4n) is 5.25. The number of nitrogens with one attached hydrogen (secondary N) is 2. The summed E-state index contributed by atoms with van der Waals surface area (Å²) >= 11 is 0. The zero-order valence-electron chi connectivity index (χ0n) is 24.4. The lowest BCUT2D eigenvalue weighted by molar-refractivity contribution is 0.100. The highest BCUT2D eigenvalue weighted by molar-refractivity contribution is 6.08. The summed E-state index contributed by atoms with van der Waals surface area (Å²) in [6.07, 6.45) is 3.50. The third-order valence-electron chi connectivity index (χ3n) is 7.42. The molecule has 216 valence electrons. The van der Waals surface area contributed by atoms with Crippen molar-refractivity contribution in [3.8, 4) is 11.5 Å². The highest BCUT2D eigenvalue weighted by atomic mass is 16.5. The van der Waals surface area contributed by atoms with E-state index in [0.717, 1.165) is 69.7 Å². The molecule has 1 aliphatic rings. The number of amides is 1. The summed E-state index contributed by atoms with van der Waals surface area (Å²) in [6.45, 7) is 14.5. The minimum Gasteiger partial charge on any atom is -0.490 e. The molecular weight excluding hydrogens is 504 g/mol. The van der Waals surface area contributed by atoms with Crippen LogP contribution >= 0.6 is 0 Å². The molecule has 2 heterocycles. The molecule has 3 aromatic rings. The van der Waals surface area contributed by atoms with Crippen LogP contribution in [-0.2, 0) is 13.0 Å². The number of pyridine rings is 1. The number of carbonyl (C=O) groups is 1. The minimum absolute atomic E-state index is 0.327. The monoisotopic (exact) mass is 548 g/mol. The molecular formula is C31H44N6O3. The third kappa shape index (κ3) is 7.21. The largest absolute Gasteiger partial charge is 0.490 e. The number of ether oxygens (including phenoxy) is 2. The number of anilines is 2. The van der Waals surface area contributed by atoms with Gasteiger partial charge in [-0.2, -0.15) is 0 Å². The molecule has 0 unspecified atom stereocenters. The number of carbonyl (C=O) groups excluding carboxylic acids is 1. The number of hydrogen-bond acceptors (Lipinski definition) is 8. The number of fused-ring (bicyclic) bond motifs is 1. The molecule has 0 bridgehead atoms. The maximum atomic E-state index is 12.5. The molecule has 2 aromatic carbocycles. The normalized spacial score (nSPS) is 14.4. The lowest BCUT2D eigenvalue weighted by Crippen LogP contribution is -2.45. The molecule has 0 radical (unpaired) electrons. The first-order valence-corrected chi connectivity index (χ1v) is 14.5. The Morgan fingerprint density at radius 3 is 2.45 bits per heavy atom. The van der Waals surface area contributed by atoms with Crippen molar-refractivity contribution >= 4 is 28.2 Å². The van der Waals surface area contributed by atoms with Gasteiger partial charge in [0.1, 0.15) is 0 Å². The summed E-state index contributed by atoms with van der Waals surface area (Å²) in [5.74, 6) is 0.686. The first-order valence-electron chi connectivity index (χ1n) is 14.5. The molecule has 9 heteroatoms. The Hall–Kier alpha value is -3.40. The van der Waals surface area contributed by atoms with Gasteiger partial charge in [-0.05, 0) is 70.1 Å². The molecule has 0 spiro atoms. The summed E-state index contributed by atoms with van der Waals surface area (Å²) in [5, 5.41) is 7.93. The number of rotatable bonds is 14. The Morgan fingerprint density at radius 1 is 1.05 bits per heavy atom. The van der Waals surface area contributed by atoms with Crippen LogP contribution in [0.4, 0.5) is 11.4 Å². The molecule has 0 aliphatic carbocycles. The van der Waals surface area contributed by atoms with Crippen LogP contribution in [0.25, 0.3) is 10.9 Å². The lowest BCUT2D eigenvalue weighted by atomic mass is 10.0. The zero-order chi connectivity index (χ0) is 28.5. The van der Waals surface area contributed by atoms with Crippen LogP contribution in [0.1, 0.15) is 48.7 Å². The third-order valence-corrected chi connectivity index (χ3v) is 7.42. The van der Waals surface area contributed by atoms with Gasteiger partial charge in [0.15, 0.2) is 11.5 Å². The average molecular weight is 549 g/mol. The first-order chi connectivity index (χ1) is 19.4. The number of aromatic nitrogens is 1. The van der Waals surface area contributed by atoms with Gasteiger partial charge >= 0.3 is 0 Å². The van der Waals surface area contributed by atoms with E-state index in [-0.39, 0.29) is 0 Å². The fraction of sp³-hybridized carbons (Fsp3) is 0.484. The molecule has 1 aliphatic heterocycles. The smallest absolute Gasteiger partial charge is 0.252 e. The van der Waals surface area contributed by atoms with Crippen molar-refractivity contribution in [2.24, 2.45) is 5.73 Å². The second-order valence-corrected chi connectivity index (χ2v) is 10.2. The topological polar surface area (TPSA) is 105 Å². The fourth-order valence-corrected chi connectivity index (χ4v) is 5.25. The predicted molar refractivity (Wildman–Crippen MR) is 162 cm³/mol. The Labute approximate surface area is 238 Å². The number of nitrogens with two attached hydrogens (primary N) is 1. The van der Waals surface area contributed by atoms with Crippen molar-refractivity contribution in [2.45, 2.75) is 40.2 Å². The number of likely N-dealkylation sites (N-methyl/N-ethyl adjacent to an activating group) is 1. The van der Waals surface area contributed by atoms with Gasteiger partial charge in [0.05, 0.1) is 30.0 Å². The highest BCUT2D eigenvalue weighted by Gasteiger charge is 2.19. The number of piperazine rings is 1. The molecule has 40 heavy (non-hydrogen) atoms. The van der Waals surface area contributed by atoms with Gasteiger partial charge in [0.25, 0.3) is 5.91 Å². The van der Waals surface area contributed by atoms with Crippen molar-refractivity contribution < 1.29 is 14.3 Å². The number of hydrogen-bond donors (Lipinski definition) is 3. The molecule has 1 saturated heterocycles. The molecule has 1 aromatic heterocycles. The minimum atomic E-state index is -0.542. The van der Waals surface area contributed by atoms with E-state index >= 15 is 0 Å². The van der Waals surface area contributed by atoms with Crippen molar-refractivity contribution in [2.75, 3.05) is 64.8 Å². The Balaban J connectivity index is 1.55. The van der Waals surface area contributed by atoms with E-state index in [9.17, 15) is 4.79 Å². The van der Waals surface area contributed by atoms with Crippen LogP contribution < -0.4 is 25.8 Å². The Bertz CT molecular complexity index is 1290. The SMILES string of the molecule is CCOc1cc2ncc(C(N)=O)c(Nc3cccc(CNCCCN4CCN(C)CC4)c3CC)c2cc1OCC. The average Bonchev–Trinajstić information content (AvgIpc) is 2.94. The molecule has 1 amide bonds. The molecule has 4 N–H and O–H groups in total. The van der Waals surface area contributed by atoms with E-state index in [0.29, 0.717) is 41.5 Å². The van der Waals surface area contributed by atoms with Gasteiger partial charge in [-0.3, -0.25) is 9.78 Å². The molecule has 0 atom stereocenters. The van der Waals surface area contributed by atoms with Gasteiger partial charge in [-0.15, -0.1) is 0 Å². The number of primary amides is 1. The summed E-state index contributed by atoms with van der Waals surface area (Å²) in [6, 6.07) is 9.99. The summed E-state index contributed by atoms with van der Waals surface area (Å²) in [5.41, 5.74) is 10.8. The zero-order valence-corrected chi connectivity index (χ0v) is 24.4. The van der Waals surface area contributed by atoms with Gasteiger partial charge in [-0.1, -0.05) is 19.1 Å². The second-order valence-electron chi connectivity index (χ2n) is 10.2. The van der Waals surface area contributed by atoms with E-state index in [2.05, 4.69) is 51.5 Å². The van der Waals surface area contributed by atoms with Gasteiger partial charge in [-0.25, -0.2) is 0 Å². The lowest BCUT2D eigenvalue weighted by Gasteiger charge is -2.32. The molecule has 9 nitrogen and oxygen atoms in total. The van der Waals surface area contributed by atoms with Crippen molar-refractivity contribution in [3.63, 3.8) is 0 Å². The predicted octanol–water partition coefficient (Wildman–Crippen LogP) is 4.16. The van der Waals surface area contributed by atoms with Crippen LogP contribution in [0.3, 0.4) is 0 Å². The summed E-state index contributed by atoms with van der Waals surface area (Å²) in [4.78, 5) is 21.9. The van der Waals surface area contributed by atoms with E-state index in [1.807, 2.05) is 32.0 Å². The summed E-state index contributed by atoms with van der Waals surface area (Å²) in [7, 11) is 2.19. The van der Waals surface area contributed by atoms with Crippen LogP contribution in [-0.4, -0.2) is 80.2 Å². The molecule has 1 fully saturated rings. The highest BCUT2D eigenvalue weighted by Crippen LogP contribution is 2.38. The van der Waals surface area contributed by atoms with Crippen LogP contribution in [0.5, 0.6) is 11.5 Å². The van der Waals surface area contributed by atoms with Crippen LogP contribution in [0.15, 0.2) is 36.5 Å². The summed E-state index contributed by atoms with van der Waals surface area (Å²) < 4.78 is 11.7. The Morgan fingerprint density at radius 2 is 1.77 bits per heavy atom. The first kappa shape index (κ1) is 29.6. The number of benzene rings is 2. The van der Waals surface area contributed by atoms with Crippen molar-refractivity contribution in [1.29, 1.82) is 0 Å². The van der Waals surface area contributed by atoms with Gasteiger partial charge < -0.3 is 35.6 Å². The van der Waals surface area contributed by atoms with E-state index in [1.54, 1.807) is 0 Å². The molecule has 4 rings (SSSR count). The van der Waals surface area contributed by atoms with E-state index in [1.165, 1.54) is 17.3 Å². The molecule has 0 saturated carbocycles. The quantitative estimate of drug-likeness (QED) is 0.258. The van der Waals surface area contributed by atoms with Crippen LogP contribution in [0, 0.1) is 0 Å². The standard InChI is InChI=1S/C31H44N6O3/c1-5-23-22(20-33-12-9-13-37-16-14-36(4)15-17-37)10-8-11-26(23)35-30-24-18-28(39-6-2)29(40-7-3)19-27(24)34-21-25(30)31(32)38/h8,10-11,18-19,21,33H,5-7,9,12-17,20H2,1-4H3,(H2,32,38)(H,34,35). The number of nitrogens with zero attached hydrogens (tertiary/aromatic N) is 3. The van der Waals surface area contributed by atoms with Gasteiger partial charge in [0, 0.05) is 56.1 Å². The van der Waals surface area contributed by atoms with Crippen LogP contribution in [0.2, 0.25) is 0 Å². The van der Waals surface area contributed by atoms with Crippen molar-refractivity contribution in [1.82, 2.24) is 20.1 Å². The van der Waals surface area contributed by atoms with E-state index < -0.39 is 5.91 Å². The maximum Gasteiger partial charge on any atom is 0.252 e. The van der Waals surface area contributed by atoms with E-state index in [4.69, 9.17) is 15.2 Å². The van der Waals surface area contributed by atoms with Gasteiger partial charge in [0.2, 0.25) is 0 Å². The Kier molecular flexibility index (Phi) is 10.6. The second kappa shape index (κ2) is 14.3.